The van der Waals surface area contributed by atoms with Gasteiger partial charge >= 0.3 is 6.18 Å². The largest absolute Gasteiger partial charge is 0.417 e. The maximum atomic E-state index is 12.5. The molecule has 1 aliphatic heterocycles. The Hall–Kier alpha value is -1.30. The van der Waals surface area contributed by atoms with Gasteiger partial charge in [0.25, 0.3) is 0 Å². The molecule has 17 heavy (non-hydrogen) atoms. The third kappa shape index (κ3) is 2.69. The van der Waals surface area contributed by atoms with Crippen molar-refractivity contribution in [3.8, 4) is 0 Å². The molecule has 0 amide bonds. The van der Waals surface area contributed by atoms with Gasteiger partial charge in [-0.25, -0.2) is 0 Å². The summed E-state index contributed by atoms with van der Waals surface area (Å²) in [5.41, 5.74) is 5.36. The fourth-order valence-electron chi connectivity index (χ4n) is 1.96. The molecule has 2 heterocycles. The van der Waals surface area contributed by atoms with E-state index in [9.17, 15) is 13.2 Å². The monoisotopic (exact) mass is 245 g/mol. The van der Waals surface area contributed by atoms with Crippen LogP contribution in [0.15, 0.2) is 18.5 Å². The number of anilines is 1. The zero-order valence-corrected chi connectivity index (χ0v) is 9.46. The molecule has 1 atom stereocenters. The lowest BCUT2D eigenvalue weighted by Gasteiger charge is -2.21. The molecule has 0 radical (unpaired) electrons. The van der Waals surface area contributed by atoms with Gasteiger partial charge in [-0.15, -0.1) is 0 Å². The molecule has 3 nitrogen and oxygen atoms in total. The van der Waals surface area contributed by atoms with Crippen molar-refractivity contribution in [2.24, 2.45) is 5.73 Å². The van der Waals surface area contributed by atoms with Gasteiger partial charge in [-0.1, -0.05) is 0 Å². The Labute approximate surface area is 97.4 Å². The van der Waals surface area contributed by atoms with Crippen LogP contribution >= 0.6 is 0 Å². The zero-order valence-electron chi connectivity index (χ0n) is 9.46. The average Bonchev–Trinajstić information content (AvgIpc) is 2.58. The first-order valence-corrected chi connectivity index (χ1v) is 5.34. The SMILES string of the molecule is CC1(N)CCN(c2cncc(C(F)(F)F)c2)C1. The molecule has 1 aliphatic rings. The van der Waals surface area contributed by atoms with Gasteiger partial charge in [-0.05, 0) is 19.4 Å². The number of aromatic nitrogens is 1. The van der Waals surface area contributed by atoms with E-state index in [2.05, 4.69) is 4.98 Å². The Morgan fingerprint density at radius 1 is 1.41 bits per heavy atom. The molecule has 94 valence electrons. The summed E-state index contributed by atoms with van der Waals surface area (Å²) in [6, 6.07) is 1.12. The number of alkyl halides is 3. The van der Waals surface area contributed by atoms with Crippen LogP contribution in [0, 0.1) is 0 Å². The molecule has 1 unspecified atom stereocenters. The van der Waals surface area contributed by atoms with Crippen LogP contribution < -0.4 is 10.6 Å². The summed E-state index contributed by atoms with van der Waals surface area (Å²) < 4.78 is 37.6. The van der Waals surface area contributed by atoms with E-state index in [0.29, 0.717) is 18.8 Å². The standard InChI is InChI=1S/C11H14F3N3/c1-10(15)2-3-17(7-10)9-4-8(5-16-6-9)11(12,13)14/h4-6H,2-3,7,15H2,1H3. The third-order valence-electron chi connectivity index (χ3n) is 2.92. The minimum atomic E-state index is -4.35. The first-order chi connectivity index (χ1) is 7.78. The molecule has 0 saturated carbocycles. The lowest BCUT2D eigenvalue weighted by Crippen LogP contribution is -2.39. The van der Waals surface area contributed by atoms with Crippen molar-refractivity contribution in [2.45, 2.75) is 25.1 Å². The number of pyridine rings is 1. The average molecular weight is 245 g/mol. The van der Waals surface area contributed by atoms with Crippen molar-refractivity contribution in [1.82, 2.24) is 4.98 Å². The number of hydrogen-bond donors (Lipinski definition) is 1. The van der Waals surface area contributed by atoms with E-state index < -0.39 is 11.7 Å². The molecule has 2 N–H and O–H groups in total. The summed E-state index contributed by atoms with van der Waals surface area (Å²) in [6.45, 7) is 3.11. The van der Waals surface area contributed by atoms with Gasteiger partial charge in [0.05, 0.1) is 17.4 Å². The van der Waals surface area contributed by atoms with Gasteiger partial charge in [0.1, 0.15) is 0 Å². The van der Waals surface area contributed by atoms with Crippen LogP contribution in [0.1, 0.15) is 18.9 Å². The Morgan fingerprint density at radius 2 is 2.12 bits per heavy atom. The number of rotatable bonds is 1. The Bertz CT molecular complexity index is 415. The summed E-state index contributed by atoms with van der Waals surface area (Å²) in [5, 5.41) is 0. The molecule has 0 spiro atoms. The fraction of sp³-hybridized carbons (Fsp3) is 0.545. The van der Waals surface area contributed by atoms with Gasteiger partial charge < -0.3 is 10.6 Å². The summed E-state index contributed by atoms with van der Waals surface area (Å²) in [6.07, 6.45) is -1.31. The van der Waals surface area contributed by atoms with E-state index in [1.807, 2.05) is 11.8 Å². The van der Waals surface area contributed by atoms with Crippen LogP contribution in [0.25, 0.3) is 0 Å². The van der Waals surface area contributed by atoms with Gasteiger partial charge in [0.15, 0.2) is 0 Å². The number of halogens is 3. The van der Waals surface area contributed by atoms with Crippen LogP contribution in [0.4, 0.5) is 18.9 Å². The molecule has 6 heteroatoms. The molecule has 0 aliphatic carbocycles. The highest BCUT2D eigenvalue weighted by atomic mass is 19.4. The van der Waals surface area contributed by atoms with Crippen molar-refractivity contribution in [3.63, 3.8) is 0 Å². The molecule has 0 aromatic carbocycles. The van der Waals surface area contributed by atoms with Crippen molar-refractivity contribution in [3.05, 3.63) is 24.0 Å². The summed E-state index contributed by atoms with van der Waals surface area (Å²) in [7, 11) is 0. The van der Waals surface area contributed by atoms with Gasteiger partial charge in [0.2, 0.25) is 0 Å². The smallest absolute Gasteiger partial charge is 0.368 e. The van der Waals surface area contributed by atoms with Gasteiger partial charge in [-0.3, -0.25) is 4.98 Å². The second kappa shape index (κ2) is 3.87. The van der Waals surface area contributed by atoms with Crippen molar-refractivity contribution >= 4 is 5.69 Å². The predicted octanol–water partition coefficient (Wildman–Crippen LogP) is 2.03. The number of hydrogen-bond acceptors (Lipinski definition) is 3. The van der Waals surface area contributed by atoms with Gasteiger partial charge in [-0.2, -0.15) is 13.2 Å². The molecule has 0 bridgehead atoms. The summed E-state index contributed by atoms with van der Waals surface area (Å²) in [4.78, 5) is 5.48. The fourth-order valence-corrected chi connectivity index (χ4v) is 1.96. The third-order valence-corrected chi connectivity index (χ3v) is 2.92. The normalized spacial score (nSPS) is 25.4. The molecule has 1 fully saturated rings. The maximum Gasteiger partial charge on any atom is 0.417 e. The zero-order chi connectivity index (χ0) is 12.7. The first kappa shape index (κ1) is 12.2. The highest BCUT2D eigenvalue weighted by molar-refractivity contribution is 5.48. The minimum Gasteiger partial charge on any atom is -0.368 e. The van der Waals surface area contributed by atoms with Gasteiger partial charge in [0, 0.05) is 24.8 Å². The quantitative estimate of drug-likeness (QED) is 0.823. The first-order valence-electron chi connectivity index (χ1n) is 5.34. The van der Waals surface area contributed by atoms with E-state index >= 15 is 0 Å². The number of nitrogens with zero attached hydrogens (tertiary/aromatic N) is 2. The Balaban J connectivity index is 2.23. The van der Waals surface area contributed by atoms with Crippen LogP contribution in [0.3, 0.4) is 0 Å². The lowest BCUT2D eigenvalue weighted by atomic mass is 10.0. The summed E-state index contributed by atoms with van der Waals surface area (Å²) >= 11 is 0. The molecular formula is C11H14F3N3. The molecule has 2 rings (SSSR count). The van der Waals surface area contributed by atoms with Crippen molar-refractivity contribution in [1.29, 1.82) is 0 Å². The van der Waals surface area contributed by atoms with Crippen molar-refractivity contribution in [2.75, 3.05) is 18.0 Å². The van der Waals surface area contributed by atoms with Crippen LogP contribution in [0.5, 0.6) is 0 Å². The van der Waals surface area contributed by atoms with Crippen LogP contribution in [-0.2, 0) is 6.18 Å². The van der Waals surface area contributed by atoms with Crippen LogP contribution in [-0.4, -0.2) is 23.6 Å². The van der Waals surface area contributed by atoms with E-state index in [4.69, 9.17) is 5.73 Å². The molecule has 1 aromatic rings. The minimum absolute atomic E-state index is 0.339. The highest BCUT2D eigenvalue weighted by Gasteiger charge is 2.33. The van der Waals surface area contributed by atoms with E-state index in [0.717, 1.165) is 18.7 Å². The molecule has 1 saturated heterocycles. The second-order valence-electron chi connectivity index (χ2n) is 4.76. The van der Waals surface area contributed by atoms with E-state index in [1.54, 1.807) is 0 Å². The highest BCUT2D eigenvalue weighted by Crippen LogP contribution is 2.32. The lowest BCUT2D eigenvalue weighted by molar-refractivity contribution is -0.137. The van der Waals surface area contributed by atoms with Crippen molar-refractivity contribution < 1.29 is 13.2 Å². The van der Waals surface area contributed by atoms with Crippen LogP contribution in [0.2, 0.25) is 0 Å². The molecular weight excluding hydrogens is 231 g/mol. The topological polar surface area (TPSA) is 42.1 Å². The Kier molecular flexibility index (Phi) is 2.77. The predicted molar refractivity (Wildman–Crippen MR) is 58.7 cm³/mol. The summed E-state index contributed by atoms with van der Waals surface area (Å²) in [5.74, 6) is 0. The van der Waals surface area contributed by atoms with E-state index in [1.165, 1.54) is 6.20 Å². The second-order valence-corrected chi connectivity index (χ2v) is 4.76. The number of nitrogens with two attached hydrogens (primary N) is 1. The Morgan fingerprint density at radius 3 is 2.65 bits per heavy atom. The van der Waals surface area contributed by atoms with E-state index in [-0.39, 0.29) is 5.54 Å². The molecule has 1 aromatic heterocycles. The maximum absolute atomic E-state index is 12.5.